The van der Waals surface area contributed by atoms with Gasteiger partial charge in [-0.05, 0) is 12.5 Å². The van der Waals surface area contributed by atoms with Gasteiger partial charge in [-0.1, -0.05) is 0 Å². The summed E-state index contributed by atoms with van der Waals surface area (Å²) in [5.74, 6) is 0.222. The maximum atomic E-state index is 10.4. The number of thioether (sulfide) groups is 1. The Labute approximate surface area is 92.6 Å². The highest BCUT2D eigenvalue weighted by Gasteiger charge is 2.10. The first kappa shape index (κ1) is 12.1. The monoisotopic (exact) mass is 229 g/mol. The summed E-state index contributed by atoms with van der Waals surface area (Å²) < 4.78 is 1.84. The van der Waals surface area contributed by atoms with Crippen LogP contribution in [0.3, 0.4) is 0 Å². The average molecular weight is 229 g/mol. The van der Waals surface area contributed by atoms with E-state index in [0.29, 0.717) is 5.75 Å². The van der Waals surface area contributed by atoms with Gasteiger partial charge in [0.05, 0.1) is 6.20 Å². The van der Waals surface area contributed by atoms with Crippen LogP contribution < -0.4 is 5.73 Å². The van der Waals surface area contributed by atoms with Gasteiger partial charge in [0.1, 0.15) is 6.04 Å². The molecule has 6 heteroatoms. The molecule has 0 unspecified atom stereocenters. The highest BCUT2D eigenvalue weighted by Crippen LogP contribution is 2.11. The lowest BCUT2D eigenvalue weighted by Gasteiger charge is -2.04. The number of carboxylic acid groups (broad SMARTS) is 1. The van der Waals surface area contributed by atoms with Crippen LogP contribution in [0.25, 0.3) is 0 Å². The van der Waals surface area contributed by atoms with E-state index in [4.69, 9.17) is 10.8 Å². The van der Waals surface area contributed by atoms with Gasteiger partial charge in [0.25, 0.3) is 0 Å². The molecule has 1 heterocycles. The van der Waals surface area contributed by atoms with E-state index in [1.807, 2.05) is 17.8 Å². The summed E-state index contributed by atoms with van der Waals surface area (Å²) in [6.45, 7) is 2.86. The Morgan fingerprint density at radius 3 is 3.07 bits per heavy atom. The predicted octanol–water partition coefficient (Wildman–Crippen LogP) is 0.548. The minimum atomic E-state index is -0.952. The predicted molar refractivity (Wildman–Crippen MR) is 59.7 cm³/mol. The van der Waals surface area contributed by atoms with Crippen LogP contribution >= 0.6 is 11.8 Å². The number of aliphatic carboxylic acids is 1. The third kappa shape index (κ3) is 3.93. The third-order valence-electron chi connectivity index (χ3n) is 1.89. The number of aromatic nitrogens is 2. The van der Waals surface area contributed by atoms with E-state index in [1.165, 1.54) is 11.8 Å². The zero-order valence-corrected chi connectivity index (χ0v) is 9.41. The summed E-state index contributed by atoms with van der Waals surface area (Å²) in [5, 5.41) is 12.7. The van der Waals surface area contributed by atoms with Gasteiger partial charge in [-0.15, -0.1) is 0 Å². The molecule has 0 saturated carbocycles. The molecule has 0 aliphatic carbocycles. The van der Waals surface area contributed by atoms with Crippen molar-refractivity contribution in [3.63, 3.8) is 0 Å². The Bertz CT molecular complexity index is 327. The fraction of sp³-hybridized carbons (Fsp3) is 0.556. The molecule has 0 aliphatic rings. The van der Waals surface area contributed by atoms with E-state index in [-0.39, 0.29) is 0 Å². The molecule has 0 radical (unpaired) electrons. The molecule has 0 aliphatic heterocycles. The fourth-order valence-corrected chi connectivity index (χ4v) is 1.93. The normalized spacial score (nSPS) is 12.7. The maximum Gasteiger partial charge on any atom is 0.321 e. The molecule has 1 aromatic heterocycles. The van der Waals surface area contributed by atoms with Gasteiger partial charge in [0.2, 0.25) is 0 Å². The van der Waals surface area contributed by atoms with Crippen molar-refractivity contribution in [2.45, 2.75) is 25.3 Å². The van der Waals surface area contributed by atoms with Crippen molar-refractivity contribution in [1.29, 1.82) is 0 Å². The molecule has 15 heavy (non-hydrogen) atoms. The number of hydrogen-bond acceptors (Lipinski definition) is 4. The van der Waals surface area contributed by atoms with Crippen molar-refractivity contribution in [2.75, 3.05) is 5.75 Å². The molecule has 0 aromatic carbocycles. The van der Waals surface area contributed by atoms with E-state index < -0.39 is 12.0 Å². The van der Waals surface area contributed by atoms with Crippen LogP contribution in [0.4, 0.5) is 0 Å². The Morgan fingerprint density at radius 1 is 1.80 bits per heavy atom. The van der Waals surface area contributed by atoms with Crippen LogP contribution in [-0.2, 0) is 17.1 Å². The fourth-order valence-electron chi connectivity index (χ4n) is 1.03. The quantitative estimate of drug-likeness (QED) is 0.744. The summed E-state index contributed by atoms with van der Waals surface area (Å²) >= 11 is 1.51. The van der Waals surface area contributed by atoms with Crippen molar-refractivity contribution in [3.8, 4) is 0 Å². The molecule has 0 saturated heterocycles. The SMILES string of the molecule is CCn1cc(CSC[C@@H](N)C(=O)O)cn1. The van der Waals surface area contributed by atoms with Gasteiger partial charge in [0.15, 0.2) is 0 Å². The summed E-state index contributed by atoms with van der Waals surface area (Å²) in [4.78, 5) is 10.4. The maximum absolute atomic E-state index is 10.4. The number of carbonyl (C=O) groups is 1. The van der Waals surface area contributed by atoms with Crippen LogP contribution in [0.1, 0.15) is 12.5 Å². The number of nitrogens with zero attached hydrogens (tertiary/aromatic N) is 2. The zero-order chi connectivity index (χ0) is 11.3. The molecule has 3 N–H and O–H groups in total. The molecular formula is C9H15N3O2S. The third-order valence-corrected chi connectivity index (χ3v) is 3.03. The lowest BCUT2D eigenvalue weighted by atomic mass is 10.4. The Hall–Kier alpha value is -1.01. The van der Waals surface area contributed by atoms with Gasteiger partial charge in [-0.25, -0.2) is 0 Å². The van der Waals surface area contributed by atoms with Gasteiger partial charge < -0.3 is 10.8 Å². The van der Waals surface area contributed by atoms with E-state index in [1.54, 1.807) is 6.20 Å². The van der Waals surface area contributed by atoms with E-state index in [0.717, 1.165) is 17.9 Å². The van der Waals surface area contributed by atoms with Gasteiger partial charge in [0, 0.05) is 24.2 Å². The first-order valence-corrected chi connectivity index (χ1v) is 5.86. The van der Waals surface area contributed by atoms with Crippen molar-refractivity contribution >= 4 is 17.7 Å². The standard InChI is InChI=1S/C9H15N3O2S/c1-2-12-4-7(3-11-12)5-15-6-8(10)9(13)14/h3-4,8H,2,5-6,10H2,1H3,(H,13,14)/t8-/m1/s1. The van der Waals surface area contributed by atoms with Crippen molar-refractivity contribution in [2.24, 2.45) is 5.73 Å². The Kier molecular flexibility index (Phi) is 4.64. The van der Waals surface area contributed by atoms with E-state index in [9.17, 15) is 4.79 Å². The average Bonchev–Trinajstić information content (AvgIpc) is 2.65. The van der Waals surface area contributed by atoms with Crippen LogP contribution in [0.5, 0.6) is 0 Å². The Morgan fingerprint density at radius 2 is 2.53 bits per heavy atom. The zero-order valence-electron chi connectivity index (χ0n) is 8.59. The topological polar surface area (TPSA) is 81.1 Å². The van der Waals surface area contributed by atoms with Crippen LogP contribution in [0, 0.1) is 0 Å². The molecule has 0 fully saturated rings. The lowest BCUT2D eigenvalue weighted by molar-refractivity contribution is -0.137. The number of rotatable bonds is 6. The first-order chi connectivity index (χ1) is 7.13. The highest BCUT2D eigenvalue weighted by atomic mass is 32.2. The van der Waals surface area contributed by atoms with Gasteiger partial charge in [-0.2, -0.15) is 16.9 Å². The number of carboxylic acids is 1. The molecule has 1 aromatic rings. The lowest BCUT2D eigenvalue weighted by Crippen LogP contribution is -2.32. The molecule has 0 bridgehead atoms. The second-order valence-corrected chi connectivity index (χ2v) is 4.19. The minimum absolute atomic E-state index is 0.423. The largest absolute Gasteiger partial charge is 0.480 e. The molecule has 0 spiro atoms. The summed E-state index contributed by atoms with van der Waals surface area (Å²) in [6, 6.07) is -0.781. The van der Waals surface area contributed by atoms with Crippen molar-refractivity contribution in [1.82, 2.24) is 9.78 Å². The summed E-state index contributed by atoms with van der Waals surface area (Å²) in [5.41, 5.74) is 6.47. The first-order valence-electron chi connectivity index (χ1n) is 4.71. The van der Waals surface area contributed by atoms with Gasteiger partial charge >= 0.3 is 5.97 Å². The number of aryl methyl sites for hydroxylation is 1. The van der Waals surface area contributed by atoms with Crippen LogP contribution in [-0.4, -0.2) is 32.7 Å². The molecular weight excluding hydrogens is 214 g/mol. The number of nitrogens with two attached hydrogens (primary N) is 1. The van der Waals surface area contributed by atoms with Crippen LogP contribution in [0.2, 0.25) is 0 Å². The second kappa shape index (κ2) is 5.77. The smallest absolute Gasteiger partial charge is 0.321 e. The summed E-state index contributed by atoms with van der Waals surface area (Å²) in [6.07, 6.45) is 3.75. The molecule has 84 valence electrons. The molecule has 1 atom stereocenters. The van der Waals surface area contributed by atoms with Crippen molar-refractivity contribution < 1.29 is 9.90 Å². The second-order valence-electron chi connectivity index (χ2n) is 3.16. The van der Waals surface area contributed by atoms with Gasteiger partial charge in [-0.3, -0.25) is 9.48 Å². The van der Waals surface area contributed by atoms with Crippen LogP contribution in [0.15, 0.2) is 12.4 Å². The molecule has 0 amide bonds. The number of hydrogen-bond donors (Lipinski definition) is 2. The minimum Gasteiger partial charge on any atom is -0.480 e. The van der Waals surface area contributed by atoms with Crippen molar-refractivity contribution in [3.05, 3.63) is 18.0 Å². The highest BCUT2D eigenvalue weighted by molar-refractivity contribution is 7.98. The van der Waals surface area contributed by atoms with E-state index in [2.05, 4.69) is 5.10 Å². The molecule has 5 nitrogen and oxygen atoms in total. The molecule has 1 rings (SSSR count). The summed E-state index contributed by atoms with van der Waals surface area (Å²) in [7, 11) is 0. The van der Waals surface area contributed by atoms with E-state index >= 15 is 0 Å². The Balaban J connectivity index is 2.28.